The van der Waals surface area contributed by atoms with Gasteiger partial charge in [0.2, 0.25) is 5.91 Å². The van der Waals surface area contributed by atoms with Crippen LogP contribution in [0.5, 0.6) is 5.75 Å². The number of hydrogen-bond donors (Lipinski definition) is 2. The molecule has 3 heterocycles. The van der Waals surface area contributed by atoms with Crippen molar-refractivity contribution in [1.29, 1.82) is 5.26 Å². The van der Waals surface area contributed by atoms with E-state index in [9.17, 15) is 10.1 Å². The molecule has 2 aromatic heterocycles. The first-order valence-electron chi connectivity index (χ1n) is 12.2. The third kappa shape index (κ3) is 5.16. The molecule has 0 fully saturated rings. The topological polar surface area (TPSA) is 114 Å². The molecule has 0 unspecified atom stereocenters. The summed E-state index contributed by atoms with van der Waals surface area (Å²) in [6.07, 6.45) is 0.573. The number of rotatable bonds is 7. The summed E-state index contributed by atoms with van der Waals surface area (Å²) in [6.45, 7) is 6.38. The Morgan fingerprint density at radius 1 is 1.13 bits per heavy atom. The van der Waals surface area contributed by atoms with E-state index >= 15 is 0 Å². The van der Waals surface area contributed by atoms with Gasteiger partial charge in [-0.05, 0) is 62.7 Å². The molecule has 0 bridgehead atoms. The van der Waals surface area contributed by atoms with E-state index in [-0.39, 0.29) is 11.7 Å². The summed E-state index contributed by atoms with van der Waals surface area (Å²) in [5.74, 6) is 1.21. The molecule has 4 aromatic rings. The molecule has 2 N–H and O–H groups in total. The lowest BCUT2D eigenvalue weighted by Gasteiger charge is -2.33. The van der Waals surface area contributed by atoms with Crippen LogP contribution < -0.4 is 15.4 Å². The first-order chi connectivity index (χ1) is 18.3. The summed E-state index contributed by atoms with van der Waals surface area (Å²) >= 11 is 1.25. The minimum absolute atomic E-state index is 0.110. The highest BCUT2D eigenvalue weighted by Crippen LogP contribution is 2.38. The van der Waals surface area contributed by atoms with E-state index in [0.29, 0.717) is 46.6 Å². The standard InChI is InChI=1S/C28H28N6O3S/c1-17-5-7-19(8-6-17)31-25-22(14-29)21-13-28(2,3)37-15-23(21)26-32-33-27(34(25)26)38-16-24(35)30-18-9-11-20(36-4)12-10-18/h5-12,31H,13,15-16H2,1-4H3,(H,30,35). The number of ether oxygens (including phenoxy) is 2. The number of benzene rings is 2. The van der Waals surface area contributed by atoms with Gasteiger partial charge in [-0.1, -0.05) is 29.5 Å². The Kier molecular flexibility index (Phi) is 6.97. The molecule has 1 amide bonds. The number of amides is 1. The van der Waals surface area contributed by atoms with Crippen LogP contribution in [-0.4, -0.2) is 39.0 Å². The third-order valence-electron chi connectivity index (χ3n) is 6.37. The molecule has 0 spiro atoms. The van der Waals surface area contributed by atoms with Crippen LogP contribution in [-0.2, 0) is 22.6 Å². The second kappa shape index (κ2) is 10.4. The fraction of sp³-hybridized carbons (Fsp3) is 0.286. The molecule has 0 radical (unpaired) electrons. The van der Waals surface area contributed by atoms with E-state index in [1.165, 1.54) is 11.8 Å². The lowest BCUT2D eigenvalue weighted by molar-refractivity contribution is -0.113. The fourth-order valence-electron chi connectivity index (χ4n) is 4.41. The molecule has 0 saturated carbocycles. The molecule has 1 aliphatic rings. The van der Waals surface area contributed by atoms with E-state index in [4.69, 9.17) is 9.47 Å². The number of nitrogens with zero attached hydrogens (tertiary/aromatic N) is 4. The first kappa shape index (κ1) is 25.6. The molecule has 194 valence electrons. The average molecular weight is 529 g/mol. The lowest BCUT2D eigenvalue weighted by Crippen LogP contribution is -2.33. The average Bonchev–Trinajstić information content (AvgIpc) is 3.32. The molecule has 0 atom stereocenters. The number of nitriles is 1. The quantitative estimate of drug-likeness (QED) is 0.313. The van der Waals surface area contributed by atoms with Crippen LogP contribution in [0.25, 0.3) is 5.65 Å². The number of nitrogens with one attached hydrogen (secondary N) is 2. The van der Waals surface area contributed by atoms with Crippen molar-refractivity contribution in [2.75, 3.05) is 23.5 Å². The Balaban J connectivity index is 1.51. The monoisotopic (exact) mass is 528 g/mol. The number of aryl methyl sites for hydroxylation is 1. The van der Waals surface area contributed by atoms with Crippen molar-refractivity contribution >= 4 is 40.5 Å². The van der Waals surface area contributed by atoms with E-state index in [1.807, 2.05) is 49.4 Å². The summed E-state index contributed by atoms with van der Waals surface area (Å²) in [5, 5.41) is 26.0. The predicted molar refractivity (Wildman–Crippen MR) is 147 cm³/mol. The van der Waals surface area contributed by atoms with Crippen molar-refractivity contribution in [3.8, 4) is 11.8 Å². The smallest absolute Gasteiger partial charge is 0.234 e. The number of carbonyl (C=O) groups excluding carboxylic acids is 1. The SMILES string of the molecule is COc1ccc(NC(=O)CSc2nnc3c4c(c(C#N)c(Nc5ccc(C)cc5)n23)CC(C)(C)OC4)cc1. The normalized spacial score (nSPS) is 14.0. The van der Waals surface area contributed by atoms with Gasteiger partial charge in [-0.25, -0.2) is 0 Å². The van der Waals surface area contributed by atoms with Crippen molar-refractivity contribution in [3.63, 3.8) is 0 Å². The Morgan fingerprint density at radius 2 is 1.84 bits per heavy atom. The lowest BCUT2D eigenvalue weighted by atomic mass is 9.89. The maximum atomic E-state index is 12.7. The maximum absolute atomic E-state index is 12.7. The Labute approximate surface area is 225 Å². The van der Waals surface area contributed by atoms with Gasteiger partial charge >= 0.3 is 0 Å². The fourth-order valence-corrected chi connectivity index (χ4v) is 5.14. The molecule has 2 aromatic carbocycles. The molecular formula is C28H28N6O3S. The number of hydrogen-bond acceptors (Lipinski definition) is 8. The molecule has 0 saturated heterocycles. The predicted octanol–water partition coefficient (Wildman–Crippen LogP) is 5.24. The van der Waals surface area contributed by atoms with Crippen molar-refractivity contribution < 1.29 is 14.3 Å². The van der Waals surface area contributed by atoms with Crippen LogP contribution in [0.1, 0.15) is 36.1 Å². The molecule has 0 aliphatic carbocycles. The van der Waals surface area contributed by atoms with Gasteiger partial charge in [-0.15, -0.1) is 10.2 Å². The summed E-state index contributed by atoms with van der Waals surface area (Å²) in [4.78, 5) is 12.7. The maximum Gasteiger partial charge on any atom is 0.234 e. The highest BCUT2D eigenvalue weighted by atomic mass is 32.2. The Bertz CT molecular complexity index is 1540. The second-order valence-electron chi connectivity index (χ2n) is 9.72. The second-order valence-corrected chi connectivity index (χ2v) is 10.7. The molecule has 9 nitrogen and oxygen atoms in total. The Hall–Kier alpha value is -4.07. The third-order valence-corrected chi connectivity index (χ3v) is 7.30. The van der Waals surface area contributed by atoms with Crippen LogP contribution in [0.4, 0.5) is 17.2 Å². The number of anilines is 3. The van der Waals surface area contributed by atoms with Crippen LogP contribution >= 0.6 is 11.8 Å². The van der Waals surface area contributed by atoms with Gasteiger partial charge in [0.05, 0.1) is 30.6 Å². The van der Waals surface area contributed by atoms with Crippen molar-refractivity contribution in [1.82, 2.24) is 14.6 Å². The largest absolute Gasteiger partial charge is 0.497 e. The highest BCUT2D eigenvalue weighted by Gasteiger charge is 2.33. The zero-order valence-corrected chi connectivity index (χ0v) is 22.5. The molecule has 1 aliphatic heterocycles. The van der Waals surface area contributed by atoms with Crippen molar-refractivity contribution in [2.45, 2.75) is 44.6 Å². The summed E-state index contributed by atoms with van der Waals surface area (Å²) < 4.78 is 13.1. The van der Waals surface area contributed by atoms with Crippen LogP contribution in [0.2, 0.25) is 0 Å². The number of thioether (sulfide) groups is 1. The molecule has 5 rings (SSSR count). The van der Waals surface area contributed by atoms with Gasteiger partial charge in [0.15, 0.2) is 10.8 Å². The van der Waals surface area contributed by atoms with Crippen LogP contribution in [0, 0.1) is 18.3 Å². The zero-order chi connectivity index (χ0) is 26.9. The van der Waals surface area contributed by atoms with Crippen molar-refractivity contribution in [2.24, 2.45) is 0 Å². The van der Waals surface area contributed by atoms with Gasteiger partial charge < -0.3 is 20.1 Å². The summed E-state index contributed by atoms with van der Waals surface area (Å²) in [5.41, 5.74) is 5.12. The Morgan fingerprint density at radius 3 is 2.53 bits per heavy atom. The number of aromatic nitrogens is 3. The van der Waals surface area contributed by atoms with Gasteiger partial charge in [0, 0.05) is 23.4 Å². The minimum Gasteiger partial charge on any atom is -0.497 e. The number of carbonyl (C=O) groups is 1. The number of methoxy groups -OCH3 is 1. The van der Waals surface area contributed by atoms with Gasteiger partial charge in [-0.3, -0.25) is 9.20 Å². The van der Waals surface area contributed by atoms with Gasteiger partial charge in [0.25, 0.3) is 0 Å². The van der Waals surface area contributed by atoms with Gasteiger partial charge in [0.1, 0.15) is 17.6 Å². The minimum atomic E-state index is -0.408. The highest BCUT2D eigenvalue weighted by molar-refractivity contribution is 7.99. The molecular weight excluding hydrogens is 500 g/mol. The zero-order valence-electron chi connectivity index (χ0n) is 21.7. The van der Waals surface area contributed by atoms with E-state index in [1.54, 1.807) is 31.4 Å². The van der Waals surface area contributed by atoms with Crippen LogP contribution in [0.3, 0.4) is 0 Å². The first-order valence-corrected chi connectivity index (χ1v) is 13.1. The number of pyridine rings is 1. The van der Waals surface area contributed by atoms with E-state index in [0.717, 1.165) is 22.4 Å². The van der Waals surface area contributed by atoms with Crippen LogP contribution in [0.15, 0.2) is 53.7 Å². The van der Waals surface area contributed by atoms with Gasteiger partial charge in [-0.2, -0.15) is 5.26 Å². The van der Waals surface area contributed by atoms with E-state index in [2.05, 4.69) is 26.9 Å². The summed E-state index contributed by atoms with van der Waals surface area (Å²) in [6, 6.07) is 17.5. The molecule has 38 heavy (non-hydrogen) atoms. The van der Waals surface area contributed by atoms with Crippen molar-refractivity contribution in [3.05, 3.63) is 70.8 Å². The van der Waals surface area contributed by atoms with E-state index < -0.39 is 5.60 Å². The number of fused-ring (bicyclic) bond motifs is 3. The molecule has 10 heteroatoms. The summed E-state index contributed by atoms with van der Waals surface area (Å²) in [7, 11) is 1.59.